The maximum Gasteiger partial charge on any atom is 0.157 e. The second kappa shape index (κ2) is 7.96. The van der Waals surface area contributed by atoms with E-state index in [2.05, 4.69) is 57.7 Å². The Morgan fingerprint density at radius 2 is 2.04 bits per heavy atom. The fourth-order valence-corrected chi connectivity index (χ4v) is 3.71. The number of imidazole rings is 1. The first-order valence-corrected chi connectivity index (χ1v) is 9.83. The third-order valence-corrected chi connectivity index (χ3v) is 5.22. The summed E-state index contributed by atoms with van der Waals surface area (Å²) >= 11 is 0. The molecule has 2 aromatic heterocycles. The van der Waals surface area contributed by atoms with E-state index in [0.717, 1.165) is 61.8 Å². The van der Waals surface area contributed by atoms with Crippen LogP contribution in [0.4, 0.5) is 11.5 Å². The highest BCUT2D eigenvalue weighted by Crippen LogP contribution is 2.30. The van der Waals surface area contributed by atoms with Gasteiger partial charge in [0.2, 0.25) is 0 Å². The van der Waals surface area contributed by atoms with Crippen molar-refractivity contribution in [3.8, 4) is 11.3 Å². The molecular formula is C21H27N5O. The van der Waals surface area contributed by atoms with Crippen molar-refractivity contribution in [2.24, 2.45) is 0 Å². The molecule has 0 bridgehead atoms. The van der Waals surface area contributed by atoms with Crippen LogP contribution in [0.1, 0.15) is 26.7 Å². The van der Waals surface area contributed by atoms with Crippen LogP contribution in [0.5, 0.6) is 0 Å². The molecule has 0 aliphatic carbocycles. The van der Waals surface area contributed by atoms with E-state index in [0.29, 0.717) is 0 Å². The minimum atomic E-state index is 0.273. The monoisotopic (exact) mass is 365 g/mol. The molecule has 0 saturated carbocycles. The van der Waals surface area contributed by atoms with E-state index in [-0.39, 0.29) is 6.10 Å². The van der Waals surface area contributed by atoms with E-state index in [1.807, 2.05) is 6.20 Å². The summed E-state index contributed by atoms with van der Waals surface area (Å²) in [6, 6.07) is 8.66. The number of hydrogen-bond donors (Lipinski definition) is 1. The zero-order valence-electron chi connectivity index (χ0n) is 16.1. The molecule has 1 unspecified atom stereocenters. The first kappa shape index (κ1) is 17.8. The van der Waals surface area contributed by atoms with Crippen LogP contribution in [0.3, 0.4) is 0 Å². The Hall–Kier alpha value is -2.60. The van der Waals surface area contributed by atoms with Crippen LogP contribution in [0.25, 0.3) is 16.9 Å². The zero-order valence-corrected chi connectivity index (χ0v) is 16.1. The third kappa shape index (κ3) is 3.62. The van der Waals surface area contributed by atoms with Crippen LogP contribution >= 0.6 is 0 Å². The Morgan fingerprint density at radius 1 is 1.22 bits per heavy atom. The predicted octanol–water partition coefficient (Wildman–Crippen LogP) is 3.83. The van der Waals surface area contributed by atoms with Gasteiger partial charge in [-0.2, -0.15) is 0 Å². The van der Waals surface area contributed by atoms with Gasteiger partial charge in [0.15, 0.2) is 5.65 Å². The lowest BCUT2D eigenvalue weighted by molar-refractivity contribution is 0.120. The molecule has 1 saturated heterocycles. The number of aromatic nitrogens is 3. The second-order valence-electron chi connectivity index (χ2n) is 6.85. The largest absolute Gasteiger partial charge is 0.376 e. The van der Waals surface area contributed by atoms with Crippen LogP contribution in [0.2, 0.25) is 0 Å². The Morgan fingerprint density at radius 3 is 2.74 bits per heavy atom. The summed E-state index contributed by atoms with van der Waals surface area (Å²) < 4.78 is 7.83. The molecule has 4 rings (SSSR count). The van der Waals surface area contributed by atoms with Crippen LogP contribution in [-0.2, 0) is 4.74 Å². The van der Waals surface area contributed by atoms with Crippen LogP contribution in [0, 0.1) is 0 Å². The van der Waals surface area contributed by atoms with E-state index < -0.39 is 0 Å². The third-order valence-electron chi connectivity index (χ3n) is 5.22. The minimum Gasteiger partial charge on any atom is -0.376 e. The molecule has 1 atom stereocenters. The van der Waals surface area contributed by atoms with Gasteiger partial charge in [-0.1, -0.05) is 12.1 Å². The predicted molar refractivity (Wildman–Crippen MR) is 109 cm³/mol. The molecule has 27 heavy (non-hydrogen) atoms. The molecule has 1 N–H and O–H groups in total. The minimum absolute atomic E-state index is 0.273. The van der Waals surface area contributed by atoms with Crippen LogP contribution in [0.15, 0.2) is 42.9 Å². The fourth-order valence-electron chi connectivity index (χ4n) is 3.71. The lowest BCUT2D eigenvalue weighted by Gasteiger charge is -2.21. The van der Waals surface area contributed by atoms with E-state index in [9.17, 15) is 0 Å². The Kier molecular flexibility index (Phi) is 5.25. The highest BCUT2D eigenvalue weighted by Gasteiger charge is 2.19. The van der Waals surface area contributed by atoms with Crippen LogP contribution in [-0.4, -0.2) is 46.7 Å². The van der Waals surface area contributed by atoms with E-state index in [1.165, 1.54) is 5.69 Å². The summed E-state index contributed by atoms with van der Waals surface area (Å²) in [4.78, 5) is 11.4. The van der Waals surface area contributed by atoms with Gasteiger partial charge in [0.25, 0.3) is 0 Å². The summed E-state index contributed by atoms with van der Waals surface area (Å²) in [5.74, 6) is 0.999. The molecule has 1 fully saturated rings. The fraction of sp³-hybridized carbons (Fsp3) is 0.429. The number of ether oxygens (including phenoxy) is 1. The van der Waals surface area contributed by atoms with Crippen molar-refractivity contribution < 1.29 is 4.74 Å². The van der Waals surface area contributed by atoms with Gasteiger partial charge in [0.1, 0.15) is 11.5 Å². The van der Waals surface area contributed by atoms with Crippen molar-refractivity contribution in [1.29, 1.82) is 0 Å². The first-order valence-electron chi connectivity index (χ1n) is 9.83. The number of benzene rings is 1. The highest BCUT2D eigenvalue weighted by molar-refractivity contribution is 5.77. The highest BCUT2D eigenvalue weighted by atomic mass is 16.5. The Labute approximate surface area is 160 Å². The number of anilines is 2. The number of rotatable bonds is 7. The van der Waals surface area contributed by atoms with Gasteiger partial charge in [-0.05, 0) is 38.8 Å². The lowest BCUT2D eigenvalue weighted by Crippen LogP contribution is -2.21. The van der Waals surface area contributed by atoms with E-state index >= 15 is 0 Å². The van der Waals surface area contributed by atoms with Crippen LogP contribution < -0.4 is 10.2 Å². The number of hydrogen-bond acceptors (Lipinski definition) is 5. The van der Waals surface area contributed by atoms with Crippen molar-refractivity contribution in [2.75, 3.05) is 36.5 Å². The number of nitrogens with one attached hydrogen (secondary N) is 1. The van der Waals surface area contributed by atoms with Gasteiger partial charge in [-0.3, -0.25) is 9.38 Å². The molecule has 0 spiro atoms. The number of fused-ring (bicyclic) bond motifs is 1. The SMILES string of the molecule is CCN(CC)c1ccc(-c2nc3cnccn3c2NCC2CCCO2)cc1. The van der Waals surface area contributed by atoms with Crippen molar-refractivity contribution in [1.82, 2.24) is 14.4 Å². The topological polar surface area (TPSA) is 54.7 Å². The standard InChI is InChI=1S/C21H27N5O/c1-3-25(4-2)17-9-7-16(8-10-17)20-21(23-14-18-6-5-13-27-18)26-12-11-22-15-19(26)24-20/h7-12,15,18,23H,3-6,13-14H2,1-2H3. The van der Waals surface area contributed by atoms with E-state index in [1.54, 1.807) is 12.4 Å². The molecule has 1 aliphatic rings. The first-order chi connectivity index (χ1) is 13.3. The molecule has 1 aliphatic heterocycles. The summed E-state index contributed by atoms with van der Waals surface area (Å²) in [5.41, 5.74) is 4.13. The summed E-state index contributed by atoms with van der Waals surface area (Å²) in [6.45, 7) is 8.02. The molecule has 3 aromatic rings. The average Bonchev–Trinajstić information content (AvgIpc) is 3.35. The summed E-state index contributed by atoms with van der Waals surface area (Å²) in [5, 5.41) is 3.57. The van der Waals surface area contributed by atoms with Gasteiger partial charge >= 0.3 is 0 Å². The summed E-state index contributed by atoms with van der Waals surface area (Å²) in [6.07, 6.45) is 8.07. The quantitative estimate of drug-likeness (QED) is 0.689. The molecule has 1 aromatic carbocycles. The van der Waals surface area contributed by atoms with Crippen molar-refractivity contribution in [2.45, 2.75) is 32.8 Å². The molecule has 6 heteroatoms. The Bertz CT molecular complexity index is 879. The Balaban J connectivity index is 1.66. The van der Waals surface area contributed by atoms with E-state index in [4.69, 9.17) is 9.72 Å². The lowest BCUT2D eigenvalue weighted by atomic mass is 10.1. The number of nitrogens with zero attached hydrogens (tertiary/aromatic N) is 4. The molecule has 6 nitrogen and oxygen atoms in total. The molecule has 142 valence electrons. The maximum absolute atomic E-state index is 5.77. The van der Waals surface area contributed by atoms with Crippen molar-refractivity contribution >= 4 is 17.2 Å². The smallest absolute Gasteiger partial charge is 0.157 e. The zero-order chi connectivity index (χ0) is 18.6. The van der Waals surface area contributed by atoms with Crippen molar-refractivity contribution in [3.63, 3.8) is 0 Å². The van der Waals surface area contributed by atoms with Gasteiger partial charge < -0.3 is 15.0 Å². The second-order valence-corrected chi connectivity index (χ2v) is 6.85. The average molecular weight is 365 g/mol. The molecule has 3 heterocycles. The summed E-state index contributed by atoms with van der Waals surface area (Å²) in [7, 11) is 0. The molecule has 0 amide bonds. The van der Waals surface area contributed by atoms with Gasteiger partial charge in [-0.25, -0.2) is 4.98 Å². The molecule has 0 radical (unpaired) electrons. The maximum atomic E-state index is 5.77. The van der Waals surface area contributed by atoms with Gasteiger partial charge in [0, 0.05) is 49.9 Å². The molecular weight excluding hydrogens is 338 g/mol. The normalized spacial score (nSPS) is 16.7. The van der Waals surface area contributed by atoms with Gasteiger partial charge in [-0.15, -0.1) is 0 Å². The van der Waals surface area contributed by atoms with Crippen molar-refractivity contribution in [3.05, 3.63) is 42.9 Å². The van der Waals surface area contributed by atoms with Gasteiger partial charge in [0.05, 0.1) is 12.3 Å².